The maximum Gasteiger partial charge on any atom is 0.322 e. The van der Waals surface area contributed by atoms with Crippen LogP contribution in [0.3, 0.4) is 0 Å². The number of ether oxygens (including phenoxy) is 1. The molecule has 0 radical (unpaired) electrons. The number of anilines is 1. The average molecular weight is 305 g/mol. The fraction of sp³-hybridized carbons (Fsp3) is 0.300. The van der Waals surface area contributed by atoms with Gasteiger partial charge in [0.1, 0.15) is 0 Å². The molecular weight excluding hydrogens is 295 g/mol. The Balaban J connectivity index is 2.04. The van der Waals surface area contributed by atoms with Crippen molar-refractivity contribution in [2.45, 2.75) is 13.5 Å². The second kappa shape index (κ2) is 6.17. The fourth-order valence-corrected chi connectivity index (χ4v) is 2.40. The number of aromatic nitrogens is 3. The second-order valence-electron chi connectivity index (χ2n) is 3.20. The number of nitrogens with one attached hydrogen (secondary N) is 1. The van der Waals surface area contributed by atoms with Crippen LogP contribution in [0.5, 0.6) is 6.01 Å². The summed E-state index contributed by atoms with van der Waals surface area (Å²) >= 11 is 13.1. The molecule has 5 nitrogen and oxygen atoms in total. The third kappa shape index (κ3) is 3.69. The summed E-state index contributed by atoms with van der Waals surface area (Å²) in [7, 11) is 0. The summed E-state index contributed by atoms with van der Waals surface area (Å²) in [5, 5.41) is 3.14. The van der Waals surface area contributed by atoms with Gasteiger partial charge in [-0.15, -0.1) is 11.3 Å². The number of hydrogen-bond donors (Lipinski definition) is 1. The lowest BCUT2D eigenvalue weighted by Crippen LogP contribution is -2.06. The number of thiophene rings is 1. The molecule has 0 spiro atoms. The van der Waals surface area contributed by atoms with Crippen molar-refractivity contribution in [3.05, 3.63) is 26.6 Å². The van der Waals surface area contributed by atoms with E-state index in [1.807, 2.05) is 19.1 Å². The van der Waals surface area contributed by atoms with Crippen LogP contribution >= 0.6 is 34.5 Å². The highest BCUT2D eigenvalue weighted by Gasteiger charge is 2.06. The minimum atomic E-state index is 0.0974. The van der Waals surface area contributed by atoms with Crippen molar-refractivity contribution in [3.8, 4) is 6.01 Å². The van der Waals surface area contributed by atoms with Crippen LogP contribution in [-0.4, -0.2) is 21.6 Å². The Labute approximate surface area is 118 Å². The van der Waals surface area contributed by atoms with E-state index in [1.165, 1.54) is 11.3 Å². The van der Waals surface area contributed by atoms with Gasteiger partial charge in [0.15, 0.2) is 0 Å². The Kier molecular flexibility index (Phi) is 4.57. The van der Waals surface area contributed by atoms with Gasteiger partial charge in [0.25, 0.3) is 0 Å². The zero-order valence-electron chi connectivity index (χ0n) is 9.48. The van der Waals surface area contributed by atoms with Gasteiger partial charge >= 0.3 is 6.01 Å². The molecule has 0 saturated heterocycles. The molecule has 0 fully saturated rings. The molecule has 0 aliphatic rings. The Morgan fingerprint density at radius 3 is 2.78 bits per heavy atom. The highest BCUT2D eigenvalue weighted by molar-refractivity contribution is 7.16. The molecule has 2 aromatic rings. The standard InChI is InChI=1S/C10H10Cl2N4OS/c1-2-17-10-15-8(12)14-9(16-10)13-5-6-3-4-7(11)18-6/h3-4H,2,5H2,1H3,(H,13,14,15,16). The third-order valence-corrected chi connectivity index (χ3v) is 3.31. The second-order valence-corrected chi connectivity index (χ2v) is 5.34. The van der Waals surface area contributed by atoms with Crippen molar-refractivity contribution < 1.29 is 4.74 Å². The van der Waals surface area contributed by atoms with E-state index in [9.17, 15) is 0 Å². The molecule has 0 amide bonds. The first kappa shape index (κ1) is 13.3. The van der Waals surface area contributed by atoms with Crippen LogP contribution < -0.4 is 10.1 Å². The number of hydrogen-bond acceptors (Lipinski definition) is 6. The largest absolute Gasteiger partial charge is 0.464 e. The molecule has 18 heavy (non-hydrogen) atoms. The van der Waals surface area contributed by atoms with Crippen LogP contribution in [0.4, 0.5) is 5.95 Å². The van der Waals surface area contributed by atoms with Crippen molar-refractivity contribution in [3.63, 3.8) is 0 Å². The van der Waals surface area contributed by atoms with Crippen LogP contribution in [0.25, 0.3) is 0 Å². The Bertz CT molecular complexity index is 534. The van der Waals surface area contributed by atoms with Gasteiger partial charge in [-0.3, -0.25) is 0 Å². The summed E-state index contributed by atoms with van der Waals surface area (Å²) in [4.78, 5) is 13.0. The lowest BCUT2D eigenvalue weighted by atomic mass is 10.5. The molecule has 2 rings (SSSR count). The fourth-order valence-electron chi connectivity index (χ4n) is 1.22. The molecular formula is C10H10Cl2N4OS. The molecule has 2 heterocycles. The lowest BCUT2D eigenvalue weighted by molar-refractivity contribution is 0.312. The maximum absolute atomic E-state index is 5.84. The van der Waals surface area contributed by atoms with Gasteiger partial charge in [0.05, 0.1) is 17.5 Å². The van der Waals surface area contributed by atoms with E-state index in [-0.39, 0.29) is 11.3 Å². The Hall–Kier alpha value is -1.11. The zero-order valence-corrected chi connectivity index (χ0v) is 11.8. The van der Waals surface area contributed by atoms with Crippen LogP contribution in [-0.2, 0) is 6.54 Å². The predicted molar refractivity (Wildman–Crippen MR) is 72.7 cm³/mol. The van der Waals surface area contributed by atoms with Gasteiger partial charge in [-0.1, -0.05) is 11.6 Å². The molecule has 0 atom stereocenters. The molecule has 1 N–H and O–H groups in total. The van der Waals surface area contributed by atoms with E-state index in [1.54, 1.807) is 0 Å². The van der Waals surface area contributed by atoms with Crippen LogP contribution in [0.15, 0.2) is 12.1 Å². The molecule has 0 saturated carbocycles. The smallest absolute Gasteiger partial charge is 0.322 e. The highest BCUT2D eigenvalue weighted by atomic mass is 35.5. The predicted octanol–water partition coefficient (Wildman–Crippen LogP) is 3.25. The summed E-state index contributed by atoms with van der Waals surface area (Å²) in [6.45, 7) is 2.89. The van der Waals surface area contributed by atoms with Crippen molar-refractivity contribution in [1.29, 1.82) is 0 Å². The maximum atomic E-state index is 5.84. The van der Waals surface area contributed by atoms with E-state index in [4.69, 9.17) is 27.9 Å². The summed E-state index contributed by atoms with van der Waals surface area (Å²) in [6.07, 6.45) is 0. The number of nitrogens with zero attached hydrogens (tertiary/aromatic N) is 3. The topological polar surface area (TPSA) is 59.9 Å². The van der Waals surface area contributed by atoms with Gasteiger partial charge in [-0.25, -0.2) is 0 Å². The lowest BCUT2D eigenvalue weighted by Gasteiger charge is -2.05. The van der Waals surface area contributed by atoms with Crippen molar-refractivity contribution >= 4 is 40.5 Å². The zero-order chi connectivity index (χ0) is 13.0. The first-order valence-electron chi connectivity index (χ1n) is 5.20. The molecule has 0 unspecified atom stereocenters. The summed E-state index contributed by atoms with van der Waals surface area (Å²) in [5.74, 6) is 0.378. The third-order valence-electron chi connectivity index (χ3n) is 1.91. The number of rotatable bonds is 5. The Morgan fingerprint density at radius 1 is 1.28 bits per heavy atom. The molecule has 0 aliphatic carbocycles. The summed E-state index contributed by atoms with van der Waals surface area (Å²) in [5.41, 5.74) is 0. The van der Waals surface area contributed by atoms with E-state index >= 15 is 0 Å². The van der Waals surface area contributed by atoms with Crippen LogP contribution in [0, 0.1) is 0 Å². The molecule has 0 aliphatic heterocycles. The summed E-state index contributed by atoms with van der Waals surface area (Å²) < 4.78 is 5.92. The average Bonchev–Trinajstić information content (AvgIpc) is 2.72. The van der Waals surface area contributed by atoms with Gasteiger partial charge in [-0.05, 0) is 30.7 Å². The molecule has 96 valence electrons. The molecule has 0 aromatic carbocycles. The van der Waals surface area contributed by atoms with E-state index in [2.05, 4.69) is 20.3 Å². The highest BCUT2D eigenvalue weighted by Crippen LogP contribution is 2.22. The Morgan fingerprint density at radius 2 is 2.11 bits per heavy atom. The van der Waals surface area contributed by atoms with Crippen molar-refractivity contribution in [2.75, 3.05) is 11.9 Å². The molecule has 8 heteroatoms. The SMILES string of the molecule is CCOc1nc(Cl)nc(NCc2ccc(Cl)s2)n1. The minimum Gasteiger partial charge on any atom is -0.464 e. The van der Waals surface area contributed by atoms with Gasteiger partial charge in [0.2, 0.25) is 11.2 Å². The van der Waals surface area contributed by atoms with E-state index in [0.717, 1.165) is 9.21 Å². The monoisotopic (exact) mass is 304 g/mol. The normalized spacial score (nSPS) is 10.4. The van der Waals surface area contributed by atoms with Gasteiger partial charge in [0, 0.05) is 4.88 Å². The van der Waals surface area contributed by atoms with Crippen LogP contribution in [0.2, 0.25) is 9.62 Å². The van der Waals surface area contributed by atoms with Gasteiger partial charge in [-0.2, -0.15) is 15.0 Å². The van der Waals surface area contributed by atoms with Crippen molar-refractivity contribution in [2.24, 2.45) is 0 Å². The minimum absolute atomic E-state index is 0.0974. The van der Waals surface area contributed by atoms with Crippen LogP contribution in [0.1, 0.15) is 11.8 Å². The van der Waals surface area contributed by atoms with E-state index in [0.29, 0.717) is 19.1 Å². The summed E-state index contributed by atoms with van der Waals surface area (Å²) in [6, 6.07) is 3.99. The molecule has 0 bridgehead atoms. The first-order valence-corrected chi connectivity index (χ1v) is 6.77. The first-order chi connectivity index (χ1) is 8.67. The quantitative estimate of drug-likeness (QED) is 0.919. The van der Waals surface area contributed by atoms with Crippen molar-refractivity contribution in [1.82, 2.24) is 15.0 Å². The number of halogens is 2. The van der Waals surface area contributed by atoms with Gasteiger partial charge < -0.3 is 10.1 Å². The van der Waals surface area contributed by atoms with E-state index < -0.39 is 0 Å². The molecule has 2 aromatic heterocycles.